The minimum Gasteiger partial charge on any atom is -0.677 e. The van der Waals surface area contributed by atoms with Crippen molar-refractivity contribution >= 4 is 0 Å². The first-order valence-electron chi connectivity index (χ1n) is 1.71. The molecule has 0 saturated heterocycles. The van der Waals surface area contributed by atoms with Crippen LogP contribution in [0, 0.1) is 0 Å². The third kappa shape index (κ3) is 8.82. The predicted molar refractivity (Wildman–Crippen MR) is 23.0 cm³/mol. The zero-order valence-corrected chi connectivity index (χ0v) is 4.97. The number of nitrogens with one attached hydrogen (secondary N) is 2. The summed E-state index contributed by atoms with van der Waals surface area (Å²) in [5.41, 5.74) is 13.0. The van der Waals surface area contributed by atoms with E-state index in [-0.39, 0.29) is 18.6 Å². The van der Waals surface area contributed by atoms with Crippen molar-refractivity contribution in [3.05, 3.63) is 11.5 Å². The van der Waals surface area contributed by atoms with Crippen LogP contribution in [0.3, 0.4) is 0 Å². The minimum atomic E-state index is 0. The average Bonchev–Trinajstić information content (AvgIpc) is 1.41. The smallest absolute Gasteiger partial charge is 0.677 e. The first kappa shape index (κ1) is 9.71. The molecule has 35 valence electrons. The van der Waals surface area contributed by atoms with E-state index in [1.807, 2.05) is 0 Å². The van der Waals surface area contributed by atoms with Crippen LogP contribution in [0.4, 0.5) is 0 Å². The van der Waals surface area contributed by atoms with Gasteiger partial charge in [-0.25, -0.2) is 0 Å². The summed E-state index contributed by atoms with van der Waals surface area (Å²) in [6.45, 7) is 0.812. The second kappa shape index (κ2) is 9.09. The Morgan fingerprint density at radius 1 is 1.00 bits per heavy atom. The Bertz CT molecular complexity index is 16.3. The first-order chi connectivity index (χ1) is 2.41. The zero-order valence-electron chi connectivity index (χ0n) is 3.57. The van der Waals surface area contributed by atoms with E-state index in [9.17, 15) is 0 Å². The molecule has 3 heteroatoms. The maximum atomic E-state index is 6.48. The molecule has 1 radical (unpaired) electrons. The van der Waals surface area contributed by atoms with Crippen molar-refractivity contribution in [3.63, 3.8) is 0 Å². The number of rotatable bonds is 2. The molecule has 0 aromatic rings. The summed E-state index contributed by atoms with van der Waals surface area (Å²) >= 11 is 0. The van der Waals surface area contributed by atoms with Gasteiger partial charge in [-0.1, -0.05) is 6.42 Å². The Hall–Kier alpha value is 0.504. The maximum absolute atomic E-state index is 6.48. The van der Waals surface area contributed by atoms with Crippen LogP contribution in [0.25, 0.3) is 11.5 Å². The molecule has 0 aliphatic heterocycles. The zero-order chi connectivity index (χ0) is 4.12. The van der Waals surface area contributed by atoms with Crippen molar-refractivity contribution in [1.29, 1.82) is 0 Å². The maximum Gasteiger partial charge on any atom is 2.00 e. The van der Waals surface area contributed by atoms with Crippen molar-refractivity contribution in [2.24, 2.45) is 0 Å². The van der Waals surface area contributed by atoms with Crippen molar-refractivity contribution in [2.75, 3.05) is 13.1 Å². The van der Waals surface area contributed by atoms with Crippen molar-refractivity contribution in [3.8, 4) is 0 Å². The minimum absolute atomic E-state index is 0. The fourth-order valence-electron chi connectivity index (χ4n) is 0.0884. The van der Waals surface area contributed by atoms with Crippen molar-refractivity contribution in [2.45, 2.75) is 6.42 Å². The molecule has 2 N–H and O–H groups in total. The summed E-state index contributed by atoms with van der Waals surface area (Å²) in [5.74, 6) is 0. The van der Waals surface area contributed by atoms with E-state index in [1.54, 1.807) is 0 Å². The van der Waals surface area contributed by atoms with Gasteiger partial charge in [-0.3, -0.25) is 0 Å². The molecule has 0 aliphatic carbocycles. The van der Waals surface area contributed by atoms with E-state index in [0.717, 1.165) is 6.42 Å². The van der Waals surface area contributed by atoms with Crippen LogP contribution in [0.5, 0.6) is 0 Å². The summed E-state index contributed by atoms with van der Waals surface area (Å²) in [5, 5.41) is 0. The largest absolute Gasteiger partial charge is 2.00 e. The molecule has 6 heavy (non-hydrogen) atoms. The summed E-state index contributed by atoms with van der Waals surface area (Å²) < 4.78 is 0. The molecule has 0 rings (SSSR count). The van der Waals surface area contributed by atoms with Crippen LogP contribution in [0.1, 0.15) is 6.42 Å². The molecule has 0 spiro atoms. The molecular formula is C3H8N2V. The second-order valence-electron chi connectivity index (χ2n) is 0.854. The summed E-state index contributed by atoms with van der Waals surface area (Å²) in [6.07, 6.45) is 0.722. The third-order valence-electron chi connectivity index (χ3n) is 0.354. The summed E-state index contributed by atoms with van der Waals surface area (Å²) in [6, 6.07) is 0. The molecule has 0 fully saturated rings. The van der Waals surface area contributed by atoms with E-state index < -0.39 is 0 Å². The Morgan fingerprint density at radius 3 is 1.33 bits per heavy atom. The van der Waals surface area contributed by atoms with E-state index in [4.69, 9.17) is 11.5 Å². The van der Waals surface area contributed by atoms with Gasteiger partial charge >= 0.3 is 18.6 Å². The Morgan fingerprint density at radius 2 is 1.33 bits per heavy atom. The van der Waals surface area contributed by atoms with Gasteiger partial charge in [-0.05, 0) is 0 Å². The van der Waals surface area contributed by atoms with Crippen LogP contribution in [0.2, 0.25) is 0 Å². The Kier molecular flexibility index (Phi) is 14.7. The molecule has 0 aromatic carbocycles. The fourth-order valence-corrected chi connectivity index (χ4v) is 0.0884. The van der Waals surface area contributed by atoms with Gasteiger partial charge in [0, 0.05) is 0 Å². The van der Waals surface area contributed by atoms with Gasteiger partial charge in [0.25, 0.3) is 0 Å². The molecule has 0 aliphatic rings. The van der Waals surface area contributed by atoms with Gasteiger partial charge in [-0.15, -0.1) is 0 Å². The molecule has 0 atom stereocenters. The van der Waals surface area contributed by atoms with Crippen molar-refractivity contribution < 1.29 is 18.6 Å². The van der Waals surface area contributed by atoms with Crippen LogP contribution in [0.15, 0.2) is 0 Å². The number of hydrogen-bond donors (Lipinski definition) is 0. The Labute approximate surface area is 50.2 Å². The quantitative estimate of drug-likeness (QED) is 0.533. The van der Waals surface area contributed by atoms with Gasteiger partial charge in [0.1, 0.15) is 0 Å². The number of hydrogen-bond acceptors (Lipinski definition) is 0. The van der Waals surface area contributed by atoms with E-state index in [0.29, 0.717) is 13.1 Å². The fraction of sp³-hybridized carbons (Fsp3) is 1.00. The normalized spacial score (nSPS) is 7.00. The van der Waals surface area contributed by atoms with E-state index in [1.165, 1.54) is 0 Å². The SMILES string of the molecule is [NH-]CCC[NH-].[V+2]. The second-order valence-corrected chi connectivity index (χ2v) is 0.854. The average molecular weight is 123 g/mol. The summed E-state index contributed by atoms with van der Waals surface area (Å²) in [7, 11) is 0. The van der Waals surface area contributed by atoms with Gasteiger partial charge < -0.3 is 11.5 Å². The molecule has 2 nitrogen and oxygen atoms in total. The van der Waals surface area contributed by atoms with Gasteiger partial charge in [0.15, 0.2) is 0 Å². The summed E-state index contributed by atoms with van der Waals surface area (Å²) in [4.78, 5) is 0. The molecule has 0 aromatic heterocycles. The van der Waals surface area contributed by atoms with E-state index >= 15 is 0 Å². The molecule has 0 saturated carbocycles. The van der Waals surface area contributed by atoms with Crippen molar-refractivity contribution in [1.82, 2.24) is 0 Å². The van der Waals surface area contributed by atoms with Crippen LogP contribution in [-0.4, -0.2) is 13.1 Å². The topological polar surface area (TPSA) is 47.6 Å². The molecule has 0 bridgehead atoms. The molecule has 0 heterocycles. The first-order valence-corrected chi connectivity index (χ1v) is 1.71. The monoisotopic (exact) mass is 123 g/mol. The third-order valence-corrected chi connectivity index (χ3v) is 0.354. The van der Waals surface area contributed by atoms with Gasteiger partial charge in [0.05, 0.1) is 0 Å². The molecule has 0 amide bonds. The molecule has 0 unspecified atom stereocenters. The van der Waals surface area contributed by atoms with E-state index in [2.05, 4.69) is 0 Å². The van der Waals surface area contributed by atoms with Crippen LogP contribution in [-0.2, 0) is 18.6 Å². The molecular weight excluding hydrogens is 115 g/mol. The Balaban J connectivity index is 0. The van der Waals surface area contributed by atoms with Gasteiger partial charge in [-0.2, -0.15) is 13.1 Å². The van der Waals surface area contributed by atoms with Gasteiger partial charge in [0.2, 0.25) is 0 Å². The standard InChI is InChI=1S/C3H8N2.V/c4-2-1-3-5;/h4-5H,1-3H2;/q-2;+2. The van der Waals surface area contributed by atoms with Crippen LogP contribution >= 0.6 is 0 Å². The predicted octanol–water partition coefficient (Wildman–Crippen LogP) is 1.48. The van der Waals surface area contributed by atoms with Crippen LogP contribution < -0.4 is 0 Å².